The number of aryl methyl sites for hydroxylation is 1. The Morgan fingerprint density at radius 3 is 2.55 bits per heavy atom. The maximum atomic E-state index is 9.26. The van der Waals surface area contributed by atoms with Crippen LogP contribution >= 0.6 is 0 Å². The van der Waals surface area contributed by atoms with E-state index < -0.39 is 0 Å². The maximum Gasteiger partial charge on any atom is 0.210 e. The van der Waals surface area contributed by atoms with Crippen LogP contribution in [0.2, 0.25) is 0 Å². The molecule has 0 radical (unpaired) electrons. The van der Waals surface area contributed by atoms with E-state index in [0.717, 1.165) is 17.7 Å². The third kappa shape index (κ3) is 1.73. The lowest BCUT2D eigenvalue weighted by atomic mass is 10.0. The van der Waals surface area contributed by atoms with Crippen LogP contribution in [0.4, 0.5) is 0 Å². The van der Waals surface area contributed by atoms with Crippen molar-refractivity contribution in [1.82, 2.24) is 10.2 Å². The van der Waals surface area contributed by atoms with Gasteiger partial charge in [0.2, 0.25) is 5.88 Å². The van der Waals surface area contributed by atoms with Crippen LogP contribution in [0.5, 0.6) is 5.88 Å². The summed E-state index contributed by atoms with van der Waals surface area (Å²) in [5.74, 6) is 0.772. The zero-order valence-corrected chi connectivity index (χ0v) is 7.18. The molecule has 1 aromatic heterocycles. The fourth-order valence-electron chi connectivity index (χ4n) is 1.10. The van der Waals surface area contributed by atoms with Crippen LogP contribution in [-0.2, 0) is 6.42 Å². The van der Waals surface area contributed by atoms with Crippen LogP contribution < -0.4 is 0 Å². The molecule has 0 aliphatic heterocycles. The third-order valence-corrected chi connectivity index (χ3v) is 1.66. The number of hydrogen-bond donors (Lipinski definition) is 2. The minimum atomic E-state index is 0.219. The van der Waals surface area contributed by atoms with Gasteiger partial charge in [0, 0.05) is 5.56 Å². The Labute approximate surface area is 66.4 Å². The van der Waals surface area contributed by atoms with E-state index in [1.165, 1.54) is 0 Å². The summed E-state index contributed by atoms with van der Waals surface area (Å²) in [6.07, 6.45) is 0.883. The quantitative estimate of drug-likeness (QED) is 0.680. The maximum absolute atomic E-state index is 9.26. The first-order valence-corrected chi connectivity index (χ1v) is 3.84. The van der Waals surface area contributed by atoms with E-state index >= 15 is 0 Å². The minimum absolute atomic E-state index is 0.219. The van der Waals surface area contributed by atoms with Crippen molar-refractivity contribution in [2.75, 3.05) is 0 Å². The van der Waals surface area contributed by atoms with Gasteiger partial charge in [-0.1, -0.05) is 13.8 Å². The zero-order chi connectivity index (χ0) is 8.43. The number of hydrogen-bond acceptors (Lipinski definition) is 2. The SMILES string of the molecule is Cc1n[nH]c(O)c1CC(C)C. The Bertz CT molecular complexity index is 221. The molecule has 0 spiro atoms. The van der Waals surface area contributed by atoms with Crippen molar-refractivity contribution in [3.8, 4) is 5.88 Å². The predicted octanol–water partition coefficient (Wildman–Crippen LogP) is 1.62. The monoisotopic (exact) mass is 154 g/mol. The van der Waals surface area contributed by atoms with E-state index in [1.807, 2.05) is 6.92 Å². The minimum Gasteiger partial charge on any atom is -0.493 e. The van der Waals surface area contributed by atoms with E-state index in [9.17, 15) is 5.11 Å². The molecule has 0 atom stereocenters. The molecule has 0 aliphatic rings. The number of nitrogens with zero attached hydrogens (tertiary/aromatic N) is 1. The van der Waals surface area contributed by atoms with Crippen molar-refractivity contribution in [3.63, 3.8) is 0 Å². The van der Waals surface area contributed by atoms with Crippen LogP contribution in [-0.4, -0.2) is 15.3 Å². The van der Waals surface area contributed by atoms with Crippen molar-refractivity contribution in [2.45, 2.75) is 27.2 Å². The first-order chi connectivity index (χ1) is 5.11. The summed E-state index contributed by atoms with van der Waals surface area (Å²) in [4.78, 5) is 0. The normalized spacial score (nSPS) is 10.9. The summed E-state index contributed by atoms with van der Waals surface area (Å²) in [7, 11) is 0. The highest BCUT2D eigenvalue weighted by molar-refractivity contribution is 5.28. The van der Waals surface area contributed by atoms with E-state index in [1.54, 1.807) is 0 Å². The number of H-pyrrole nitrogens is 1. The summed E-state index contributed by atoms with van der Waals surface area (Å²) in [5.41, 5.74) is 1.84. The summed E-state index contributed by atoms with van der Waals surface area (Å²) in [6.45, 7) is 6.13. The van der Waals surface area contributed by atoms with Gasteiger partial charge in [-0.05, 0) is 19.3 Å². The smallest absolute Gasteiger partial charge is 0.210 e. The van der Waals surface area contributed by atoms with Gasteiger partial charge in [0.1, 0.15) is 0 Å². The van der Waals surface area contributed by atoms with Gasteiger partial charge in [-0.15, -0.1) is 0 Å². The second-order valence-corrected chi connectivity index (χ2v) is 3.23. The van der Waals surface area contributed by atoms with Crippen LogP contribution in [0, 0.1) is 12.8 Å². The first kappa shape index (κ1) is 8.11. The fourth-order valence-corrected chi connectivity index (χ4v) is 1.10. The molecule has 1 heterocycles. The molecular formula is C8H14N2O. The van der Waals surface area contributed by atoms with E-state index in [4.69, 9.17) is 0 Å². The Balaban J connectivity index is 2.83. The molecule has 1 rings (SSSR count). The summed E-state index contributed by atoms with van der Waals surface area (Å²) in [5, 5.41) is 15.7. The number of rotatable bonds is 2. The highest BCUT2D eigenvalue weighted by atomic mass is 16.3. The Hall–Kier alpha value is -0.990. The largest absolute Gasteiger partial charge is 0.493 e. The predicted molar refractivity (Wildman–Crippen MR) is 43.5 cm³/mol. The Morgan fingerprint density at radius 1 is 1.55 bits per heavy atom. The fraction of sp³-hybridized carbons (Fsp3) is 0.625. The molecule has 0 amide bonds. The molecule has 11 heavy (non-hydrogen) atoms. The van der Waals surface area contributed by atoms with Crippen LogP contribution in [0.25, 0.3) is 0 Å². The van der Waals surface area contributed by atoms with Gasteiger partial charge in [0.15, 0.2) is 0 Å². The van der Waals surface area contributed by atoms with E-state index in [2.05, 4.69) is 24.0 Å². The van der Waals surface area contributed by atoms with Gasteiger partial charge in [-0.2, -0.15) is 5.10 Å². The molecule has 0 saturated carbocycles. The molecule has 2 N–H and O–H groups in total. The van der Waals surface area contributed by atoms with Crippen molar-refractivity contribution >= 4 is 0 Å². The standard InChI is InChI=1S/C8H14N2O/c1-5(2)4-7-6(3)9-10-8(7)11/h5H,4H2,1-3H3,(H2,9,10,11). The molecular weight excluding hydrogens is 140 g/mol. The van der Waals surface area contributed by atoms with Crippen molar-refractivity contribution in [3.05, 3.63) is 11.3 Å². The van der Waals surface area contributed by atoms with Gasteiger partial charge in [-0.3, -0.25) is 0 Å². The van der Waals surface area contributed by atoms with Gasteiger partial charge >= 0.3 is 0 Å². The van der Waals surface area contributed by atoms with Gasteiger partial charge in [0.25, 0.3) is 0 Å². The van der Waals surface area contributed by atoms with Crippen LogP contribution in [0.1, 0.15) is 25.1 Å². The molecule has 1 aromatic rings. The summed E-state index contributed by atoms with van der Waals surface area (Å²) < 4.78 is 0. The van der Waals surface area contributed by atoms with E-state index in [0.29, 0.717) is 5.92 Å². The van der Waals surface area contributed by atoms with Crippen LogP contribution in [0.15, 0.2) is 0 Å². The summed E-state index contributed by atoms with van der Waals surface area (Å²) >= 11 is 0. The van der Waals surface area contributed by atoms with Crippen molar-refractivity contribution in [1.29, 1.82) is 0 Å². The lowest BCUT2D eigenvalue weighted by Crippen LogP contribution is -1.94. The second-order valence-electron chi connectivity index (χ2n) is 3.23. The summed E-state index contributed by atoms with van der Waals surface area (Å²) in [6, 6.07) is 0. The Kier molecular flexibility index (Phi) is 2.17. The molecule has 3 heteroatoms. The lowest BCUT2D eigenvalue weighted by molar-refractivity contribution is 0.441. The molecule has 62 valence electrons. The first-order valence-electron chi connectivity index (χ1n) is 3.84. The molecule has 0 fully saturated rings. The molecule has 0 bridgehead atoms. The average molecular weight is 154 g/mol. The lowest BCUT2D eigenvalue weighted by Gasteiger charge is -2.02. The van der Waals surface area contributed by atoms with Gasteiger partial charge < -0.3 is 5.11 Å². The number of aromatic amines is 1. The zero-order valence-electron chi connectivity index (χ0n) is 7.18. The number of aromatic nitrogens is 2. The number of aromatic hydroxyl groups is 1. The highest BCUT2D eigenvalue weighted by Crippen LogP contribution is 2.19. The molecule has 0 aromatic carbocycles. The molecule has 3 nitrogen and oxygen atoms in total. The van der Waals surface area contributed by atoms with Gasteiger partial charge in [-0.25, -0.2) is 5.10 Å². The second kappa shape index (κ2) is 2.95. The number of nitrogens with one attached hydrogen (secondary N) is 1. The molecule has 0 aliphatic carbocycles. The van der Waals surface area contributed by atoms with Gasteiger partial charge in [0.05, 0.1) is 5.69 Å². The Morgan fingerprint density at radius 2 is 2.18 bits per heavy atom. The van der Waals surface area contributed by atoms with Crippen LogP contribution in [0.3, 0.4) is 0 Å². The molecule has 0 unspecified atom stereocenters. The highest BCUT2D eigenvalue weighted by Gasteiger charge is 2.09. The van der Waals surface area contributed by atoms with E-state index in [-0.39, 0.29) is 5.88 Å². The topological polar surface area (TPSA) is 48.9 Å². The third-order valence-electron chi connectivity index (χ3n) is 1.66. The van der Waals surface area contributed by atoms with Crippen molar-refractivity contribution < 1.29 is 5.11 Å². The van der Waals surface area contributed by atoms with Crippen molar-refractivity contribution in [2.24, 2.45) is 5.92 Å². The average Bonchev–Trinajstić information content (AvgIpc) is 2.18. The molecule has 0 saturated heterocycles.